The highest BCUT2D eigenvalue weighted by Gasteiger charge is 2.62. The predicted octanol–water partition coefficient (Wildman–Crippen LogP) is 5.05. The topological polar surface area (TPSA) is 206 Å². The Hall–Kier alpha value is -3.04. The zero-order valence-corrected chi connectivity index (χ0v) is 43.8. The summed E-state index contributed by atoms with van der Waals surface area (Å²) in [5, 5.41) is 22.1. The first-order chi connectivity index (χ1) is 32.4. The number of nitrogens with zero attached hydrogens (tertiary/aromatic N) is 2. The van der Waals surface area contributed by atoms with E-state index >= 15 is 4.79 Å². The molecule has 1 aromatic carbocycles. The lowest BCUT2D eigenvalue weighted by Crippen LogP contribution is -2.61. The molecule has 4 saturated heterocycles. The highest BCUT2D eigenvalue weighted by molar-refractivity contribution is 8.00. The van der Waals surface area contributed by atoms with Crippen molar-refractivity contribution in [3.05, 3.63) is 35.4 Å². The number of carbonyl (C=O) groups is 5. The van der Waals surface area contributed by atoms with Gasteiger partial charge >= 0.3 is 11.9 Å². The monoisotopic (exact) mass is 991 g/mol. The number of imide groups is 1. The highest BCUT2D eigenvalue weighted by atomic mass is 32.2. The van der Waals surface area contributed by atoms with Gasteiger partial charge in [0.05, 0.1) is 52.7 Å². The van der Waals surface area contributed by atoms with E-state index in [-0.39, 0.29) is 55.6 Å². The lowest BCUT2D eigenvalue weighted by molar-refractivity contribution is -0.319. The molecule has 2 N–H and O–H groups in total. The second-order valence-corrected chi connectivity index (χ2v) is 22.3. The molecule has 18 heteroatoms. The second-order valence-electron chi connectivity index (χ2n) is 21.0. The molecule has 0 bridgehead atoms. The molecule has 4 fully saturated rings. The largest absolute Gasteiger partial charge is 0.458 e. The number of fused-ring (bicyclic) bond motifs is 2. The van der Waals surface area contributed by atoms with E-state index < -0.39 is 113 Å². The number of methoxy groups -OCH3 is 2. The lowest BCUT2D eigenvalue weighted by atomic mass is 9.70. The van der Waals surface area contributed by atoms with Gasteiger partial charge in [-0.1, -0.05) is 39.8 Å². The molecule has 2 unspecified atom stereocenters. The zero-order chi connectivity index (χ0) is 51.1. The predicted molar refractivity (Wildman–Crippen MR) is 255 cm³/mol. The summed E-state index contributed by atoms with van der Waals surface area (Å²) in [5.74, 6) is -5.82. The Bertz CT molecular complexity index is 1990. The van der Waals surface area contributed by atoms with E-state index in [1.807, 2.05) is 53.6 Å². The molecule has 2 amide bonds. The molecule has 6 rings (SSSR count). The van der Waals surface area contributed by atoms with E-state index in [9.17, 15) is 29.4 Å². The standard InChI is InChI=1S/C51H78N2O15S/c1-15-35-51(10)37(41(47(60)68-51)69-22-18-21-53-44(57)32-19-16-17-20-33(32)45(53)58)28(4)38(54)26(2)24-50(9,62-14)43(67-48-39(55)34(52(11)12)23-27(3)63-48)29(5)40(30(6)46(59)65-35)66-36-25-49(8,61-13)42(56)31(7)64-36/h16-17,19-20,26-31,34-37,39-43,48,55-56H,15,18,21-25H2,1-14H3/t26-,27-,28+,29+,30-,31-,34+,35-,36+,37?,39-,40+,41?,42+,43-,48+,49-,50-,51-/m1/s1. The minimum Gasteiger partial charge on any atom is -0.458 e. The Morgan fingerprint density at radius 1 is 0.841 bits per heavy atom. The SMILES string of the molecule is CC[C@H]1OC(=O)[C@H](C)[C@@H](O[C@H]2C[C@@](C)(OC)[C@@H](O)[C@@H](C)O2)[C@H](C)[C@@H](O[C@@H]2O[C@H](C)C[C@H](N(C)C)[C@H]2O)[C@](C)(OC)C[C@@H](C)C(=O)[C@@H](C)C2C(SCCCN3C(=O)c4ccccc4C3=O)C(=O)O[C@@]21C. The van der Waals surface area contributed by atoms with Gasteiger partial charge < -0.3 is 53.0 Å². The summed E-state index contributed by atoms with van der Waals surface area (Å²) in [6.07, 6.45) is -6.87. The van der Waals surface area contributed by atoms with Crippen LogP contribution in [0.2, 0.25) is 0 Å². The van der Waals surface area contributed by atoms with Crippen LogP contribution in [0.25, 0.3) is 0 Å². The Balaban J connectivity index is 1.37. The summed E-state index contributed by atoms with van der Waals surface area (Å²) >= 11 is 1.30. The molecule has 5 heterocycles. The van der Waals surface area contributed by atoms with Crippen LogP contribution < -0.4 is 0 Å². The summed E-state index contributed by atoms with van der Waals surface area (Å²) in [4.78, 5) is 73.7. The number of ketones is 1. The molecule has 0 aliphatic carbocycles. The number of amides is 2. The van der Waals surface area contributed by atoms with E-state index in [1.54, 1.807) is 58.9 Å². The Morgan fingerprint density at radius 3 is 2.04 bits per heavy atom. The molecule has 0 spiro atoms. The number of likely N-dealkylation sites (N-methyl/N-ethyl adjacent to an activating group) is 1. The first-order valence-corrected chi connectivity index (χ1v) is 25.7. The zero-order valence-electron chi connectivity index (χ0n) is 43.0. The van der Waals surface area contributed by atoms with Crippen molar-refractivity contribution < 1.29 is 72.1 Å². The maximum absolute atomic E-state index is 15.1. The van der Waals surface area contributed by atoms with Gasteiger partial charge in [-0.3, -0.25) is 28.9 Å². The van der Waals surface area contributed by atoms with Gasteiger partial charge in [0.1, 0.15) is 29.3 Å². The molecule has 69 heavy (non-hydrogen) atoms. The number of thioether (sulfide) groups is 1. The van der Waals surface area contributed by atoms with Crippen molar-refractivity contribution in [3.8, 4) is 0 Å². The second kappa shape index (κ2) is 22.0. The van der Waals surface area contributed by atoms with Crippen molar-refractivity contribution >= 4 is 41.3 Å². The number of hydrogen-bond donors (Lipinski definition) is 2. The first kappa shape index (κ1) is 55.3. The minimum absolute atomic E-state index is 0.105. The lowest BCUT2D eigenvalue weighted by Gasteiger charge is -2.50. The number of cyclic esters (lactones) is 1. The fourth-order valence-electron chi connectivity index (χ4n) is 11.8. The van der Waals surface area contributed by atoms with Crippen molar-refractivity contribution in [2.75, 3.05) is 40.6 Å². The maximum Gasteiger partial charge on any atom is 0.320 e. The van der Waals surface area contributed by atoms with Crippen molar-refractivity contribution in [3.63, 3.8) is 0 Å². The molecule has 0 radical (unpaired) electrons. The number of esters is 2. The summed E-state index contributed by atoms with van der Waals surface area (Å²) in [5.41, 5.74) is -3.10. The van der Waals surface area contributed by atoms with Gasteiger partial charge in [-0.2, -0.15) is 0 Å². The van der Waals surface area contributed by atoms with E-state index in [4.69, 9.17) is 37.9 Å². The summed E-state index contributed by atoms with van der Waals surface area (Å²) in [6.45, 7) is 18.1. The van der Waals surface area contributed by atoms with Gasteiger partial charge in [-0.25, -0.2) is 0 Å². The molecular weight excluding hydrogens is 913 g/mol. The van der Waals surface area contributed by atoms with E-state index in [2.05, 4.69) is 0 Å². The Morgan fingerprint density at radius 2 is 1.46 bits per heavy atom. The van der Waals surface area contributed by atoms with E-state index in [0.29, 0.717) is 29.7 Å². The number of rotatable bonds is 13. The van der Waals surface area contributed by atoms with Gasteiger partial charge in [0.25, 0.3) is 11.8 Å². The summed E-state index contributed by atoms with van der Waals surface area (Å²) in [6, 6.07) is 6.38. The van der Waals surface area contributed by atoms with Crippen molar-refractivity contribution in [2.24, 2.45) is 29.6 Å². The highest BCUT2D eigenvalue weighted by Crippen LogP contribution is 2.50. The van der Waals surface area contributed by atoms with Crippen LogP contribution in [-0.4, -0.2) is 174 Å². The molecule has 17 nitrogen and oxygen atoms in total. The van der Waals surface area contributed by atoms with E-state index in [1.165, 1.54) is 30.9 Å². The van der Waals surface area contributed by atoms with Crippen LogP contribution in [0.3, 0.4) is 0 Å². The molecule has 1 aromatic rings. The number of ether oxygens (including phenoxy) is 8. The molecule has 388 valence electrons. The van der Waals surface area contributed by atoms with Crippen molar-refractivity contribution in [2.45, 2.75) is 185 Å². The number of benzene rings is 1. The number of aliphatic hydroxyl groups is 2. The molecule has 0 aromatic heterocycles. The van der Waals surface area contributed by atoms with Gasteiger partial charge in [-0.05, 0) is 99.2 Å². The van der Waals surface area contributed by atoms with Crippen LogP contribution in [0.15, 0.2) is 24.3 Å². The van der Waals surface area contributed by atoms with Crippen LogP contribution in [-0.2, 0) is 52.3 Å². The number of carbonyl (C=O) groups excluding carboxylic acids is 5. The summed E-state index contributed by atoms with van der Waals surface area (Å²) in [7, 11) is 6.80. The van der Waals surface area contributed by atoms with Crippen LogP contribution >= 0.6 is 11.8 Å². The maximum atomic E-state index is 15.1. The fraction of sp³-hybridized carbons (Fsp3) is 0.784. The molecule has 5 aliphatic rings. The molecule has 19 atom stereocenters. The third kappa shape index (κ3) is 10.9. The van der Waals surface area contributed by atoms with Gasteiger partial charge in [-0.15, -0.1) is 11.8 Å². The van der Waals surface area contributed by atoms with Crippen LogP contribution in [0.5, 0.6) is 0 Å². The third-order valence-electron chi connectivity index (χ3n) is 16.0. The Kier molecular flexibility index (Phi) is 17.6. The average Bonchev–Trinajstić information content (AvgIpc) is 3.71. The molecule has 0 saturated carbocycles. The smallest absolute Gasteiger partial charge is 0.320 e. The van der Waals surface area contributed by atoms with Crippen molar-refractivity contribution in [1.29, 1.82) is 0 Å². The fourth-order valence-corrected chi connectivity index (χ4v) is 13.2. The third-order valence-corrected chi connectivity index (χ3v) is 17.3. The Labute approximate surface area is 412 Å². The van der Waals surface area contributed by atoms with Crippen LogP contribution in [0.1, 0.15) is 122 Å². The first-order valence-electron chi connectivity index (χ1n) is 24.7. The molecular formula is C51H78N2O15S. The minimum atomic E-state index is -1.45. The van der Waals surface area contributed by atoms with Gasteiger partial charge in [0, 0.05) is 56.9 Å². The van der Waals surface area contributed by atoms with Crippen LogP contribution in [0.4, 0.5) is 0 Å². The number of aliphatic hydroxyl groups excluding tert-OH is 2. The number of hydrogen-bond acceptors (Lipinski definition) is 17. The average molecular weight is 991 g/mol. The van der Waals surface area contributed by atoms with E-state index in [0.717, 1.165) is 0 Å². The normalized spacial score (nSPS) is 42.5. The van der Waals surface area contributed by atoms with Gasteiger partial charge in [0.2, 0.25) is 0 Å². The quantitative estimate of drug-likeness (QED) is 0.151. The van der Waals surface area contributed by atoms with Crippen molar-refractivity contribution in [1.82, 2.24) is 9.80 Å². The van der Waals surface area contributed by atoms with Gasteiger partial charge in [0.15, 0.2) is 18.2 Å². The summed E-state index contributed by atoms with van der Waals surface area (Å²) < 4.78 is 51.6. The number of Topliss-reactive ketones (excluding diaryl/α,β-unsaturated/α-hetero) is 1. The van der Waals surface area contributed by atoms with Crippen LogP contribution in [0, 0.1) is 29.6 Å². The molecule has 5 aliphatic heterocycles.